The second-order valence-corrected chi connectivity index (χ2v) is 4.62. The second-order valence-electron chi connectivity index (χ2n) is 4.62. The number of carbonyl (C=O) groups is 1. The Morgan fingerprint density at radius 1 is 1.19 bits per heavy atom. The van der Waals surface area contributed by atoms with Crippen molar-refractivity contribution in [2.24, 2.45) is 0 Å². The highest BCUT2D eigenvalue weighted by atomic mass is 19.1. The smallest absolute Gasteiger partial charge is 0.311 e. The fraction of sp³-hybridized carbons (Fsp3) is 0.167. The summed E-state index contributed by atoms with van der Waals surface area (Å²) in [4.78, 5) is 11.3. The fourth-order valence-electron chi connectivity index (χ4n) is 2.14. The maximum atomic E-state index is 13.7. The van der Waals surface area contributed by atoms with Crippen LogP contribution in [0, 0.1) is 17.7 Å². The molecule has 0 aliphatic rings. The Morgan fingerprint density at radius 3 is 2.43 bits per heavy atom. The molecule has 2 nitrogen and oxygen atoms in total. The van der Waals surface area contributed by atoms with Crippen molar-refractivity contribution in [1.82, 2.24) is 0 Å². The van der Waals surface area contributed by atoms with Crippen LogP contribution in [-0.2, 0) is 4.79 Å². The van der Waals surface area contributed by atoms with Gasteiger partial charge >= 0.3 is 5.97 Å². The van der Waals surface area contributed by atoms with E-state index in [9.17, 15) is 14.3 Å². The molecule has 106 valence electrons. The second kappa shape index (κ2) is 6.71. The van der Waals surface area contributed by atoms with E-state index in [2.05, 4.69) is 11.8 Å². The third-order valence-corrected chi connectivity index (χ3v) is 3.28. The molecule has 1 atom stereocenters. The lowest BCUT2D eigenvalue weighted by Crippen LogP contribution is -2.10. The Balaban J connectivity index is 2.31. The van der Waals surface area contributed by atoms with Crippen LogP contribution in [0.4, 0.5) is 4.39 Å². The Kier molecular flexibility index (Phi) is 4.73. The van der Waals surface area contributed by atoms with Crippen LogP contribution in [0.15, 0.2) is 48.5 Å². The summed E-state index contributed by atoms with van der Waals surface area (Å²) in [5.41, 5.74) is 1.90. The minimum absolute atomic E-state index is 0.269. The number of benzene rings is 2. The van der Waals surface area contributed by atoms with Crippen molar-refractivity contribution in [2.45, 2.75) is 19.3 Å². The van der Waals surface area contributed by atoms with Gasteiger partial charge in [0.1, 0.15) is 5.82 Å². The van der Waals surface area contributed by atoms with Gasteiger partial charge in [-0.1, -0.05) is 42.5 Å². The first-order valence-electron chi connectivity index (χ1n) is 6.60. The van der Waals surface area contributed by atoms with Crippen LogP contribution < -0.4 is 0 Å². The predicted molar refractivity (Wildman–Crippen MR) is 80.3 cm³/mol. The lowest BCUT2D eigenvalue weighted by atomic mass is 9.94. The highest BCUT2D eigenvalue weighted by molar-refractivity contribution is 5.77. The van der Waals surface area contributed by atoms with Crippen LogP contribution in [0.3, 0.4) is 0 Å². The summed E-state index contributed by atoms with van der Waals surface area (Å²) >= 11 is 0. The van der Waals surface area contributed by atoms with Crippen LogP contribution in [-0.4, -0.2) is 11.1 Å². The lowest BCUT2D eigenvalue weighted by Gasteiger charge is -2.11. The van der Waals surface area contributed by atoms with Gasteiger partial charge in [-0.05, 0) is 24.1 Å². The molecule has 0 radical (unpaired) electrons. The molecule has 2 aromatic carbocycles. The monoisotopic (exact) mass is 282 g/mol. The third-order valence-electron chi connectivity index (χ3n) is 3.28. The summed E-state index contributed by atoms with van der Waals surface area (Å²) in [6.45, 7) is 1.68. The molecule has 3 heteroatoms. The highest BCUT2D eigenvalue weighted by Gasteiger charge is 2.18. The van der Waals surface area contributed by atoms with E-state index >= 15 is 0 Å². The normalized spacial score (nSPS) is 11.3. The number of halogens is 1. The number of hydrogen-bond donors (Lipinski definition) is 1. The summed E-state index contributed by atoms with van der Waals surface area (Å²) in [6.07, 6.45) is 0.269. The SMILES string of the molecule is CC#CCC(C(=O)O)c1ccc(-c2ccccc2F)cc1. The van der Waals surface area contributed by atoms with Gasteiger partial charge in [0.2, 0.25) is 0 Å². The van der Waals surface area contributed by atoms with E-state index in [0.29, 0.717) is 11.1 Å². The molecule has 0 aromatic heterocycles. The van der Waals surface area contributed by atoms with E-state index in [1.54, 1.807) is 49.4 Å². The molecule has 1 N–H and O–H groups in total. The van der Waals surface area contributed by atoms with E-state index in [1.165, 1.54) is 6.07 Å². The zero-order chi connectivity index (χ0) is 15.2. The van der Waals surface area contributed by atoms with E-state index in [0.717, 1.165) is 5.56 Å². The molecule has 21 heavy (non-hydrogen) atoms. The Hall–Kier alpha value is -2.60. The van der Waals surface area contributed by atoms with Gasteiger partial charge in [-0.15, -0.1) is 11.8 Å². The van der Waals surface area contributed by atoms with Gasteiger partial charge in [0.05, 0.1) is 5.92 Å². The number of carboxylic acids is 1. The number of carboxylic acid groups (broad SMARTS) is 1. The fourth-order valence-corrected chi connectivity index (χ4v) is 2.14. The molecule has 0 bridgehead atoms. The Labute approximate surface area is 123 Å². The number of rotatable bonds is 4. The average Bonchev–Trinajstić information content (AvgIpc) is 2.49. The average molecular weight is 282 g/mol. The Bertz CT molecular complexity index is 693. The molecule has 0 saturated heterocycles. The van der Waals surface area contributed by atoms with Crippen LogP contribution in [0.1, 0.15) is 24.8 Å². The molecule has 0 saturated carbocycles. The molecule has 0 spiro atoms. The molecule has 1 unspecified atom stereocenters. The van der Waals surface area contributed by atoms with Crippen molar-refractivity contribution < 1.29 is 14.3 Å². The molecule has 2 rings (SSSR count). The lowest BCUT2D eigenvalue weighted by molar-refractivity contribution is -0.138. The van der Waals surface area contributed by atoms with E-state index in [-0.39, 0.29) is 12.2 Å². The maximum Gasteiger partial charge on any atom is 0.311 e. The van der Waals surface area contributed by atoms with Crippen LogP contribution in [0.2, 0.25) is 0 Å². The van der Waals surface area contributed by atoms with Crippen LogP contribution in [0.25, 0.3) is 11.1 Å². The van der Waals surface area contributed by atoms with Gasteiger partial charge in [0.25, 0.3) is 0 Å². The number of hydrogen-bond acceptors (Lipinski definition) is 1. The van der Waals surface area contributed by atoms with Crippen molar-refractivity contribution in [2.75, 3.05) is 0 Å². The largest absolute Gasteiger partial charge is 0.481 e. The zero-order valence-corrected chi connectivity index (χ0v) is 11.6. The third kappa shape index (κ3) is 3.49. The van der Waals surface area contributed by atoms with Gasteiger partial charge < -0.3 is 5.11 Å². The van der Waals surface area contributed by atoms with Crippen molar-refractivity contribution in [1.29, 1.82) is 0 Å². The van der Waals surface area contributed by atoms with Crippen molar-refractivity contribution in [3.8, 4) is 23.0 Å². The molecular weight excluding hydrogens is 267 g/mol. The first kappa shape index (κ1) is 14.8. The summed E-state index contributed by atoms with van der Waals surface area (Å²) in [5.74, 6) is 3.64. The quantitative estimate of drug-likeness (QED) is 0.858. The van der Waals surface area contributed by atoms with Crippen molar-refractivity contribution in [3.05, 3.63) is 59.9 Å². The van der Waals surface area contributed by atoms with Gasteiger partial charge in [0.15, 0.2) is 0 Å². The first-order valence-corrected chi connectivity index (χ1v) is 6.60. The standard InChI is InChI=1S/C18H15FO2/c1-2-3-6-16(18(20)21)14-11-9-13(10-12-14)15-7-4-5-8-17(15)19/h4-5,7-12,16H,6H2,1H3,(H,20,21). The summed E-state index contributed by atoms with van der Waals surface area (Å²) in [6, 6.07) is 13.4. The van der Waals surface area contributed by atoms with Crippen molar-refractivity contribution in [3.63, 3.8) is 0 Å². The van der Waals surface area contributed by atoms with Crippen LogP contribution >= 0.6 is 0 Å². The van der Waals surface area contributed by atoms with E-state index in [1.807, 2.05) is 0 Å². The van der Waals surface area contributed by atoms with E-state index < -0.39 is 11.9 Å². The topological polar surface area (TPSA) is 37.3 Å². The minimum atomic E-state index is -0.906. The van der Waals surface area contributed by atoms with Gasteiger partial charge in [-0.2, -0.15) is 0 Å². The predicted octanol–water partition coefficient (Wildman–Crippen LogP) is 4.07. The maximum absolute atomic E-state index is 13.7. The number of aliphatic carboxylic acids is 1. The minimum Gasteiger partial charge on any atom is -0.481 e. The molecule has 0 heterocycles. The van der Waals surface area contributed by atoms with Crippen molar-refractivity contribution >= 4 is 5.97 Å². The zero-order valence-electron chi connectivity index (χ0n) is 11.6. The molecule has 0 aliphatic heterocycles. The molecular formula is C18H15FO2. The molecule has 0 fully saturated rings. The molecule has 2 aromatic rings. The summed E-state index contributed by atoms with van der Waals surface area (Å²) in [5, 5.41) is 9.26. The molecule has 0 aliphatic carbocycles. The summed E-state index contributed by atoms with van der Waals surface area (Å²) in [7, 11) is 0. The summed E-state index contributed by atoms with van der Waals surface area (Å²) < 4.78 is 13.7. The van der Waals surface area contributed by atoms with Gasteiger partial charge in [0, 0.05) is 12.0 Å². The first-order chi connectivity index (χ1) is 10.1. The van der Waals surface area contributed by atoms with Gasteiger partial charge in [-0.3, -0.25) is 4.79 Å². The highest BCUT2D eigenvalue weighted by Crippen LogP contribution is 2.26. The van der Waals surface area contributed by atoms with Gasteiger partial charge in [-0.25, -0.2) is 4.39 Å². The van der Waals surface area contributed by atoms with Crippen LogP contribution in [0.5, 0.6) is 0 Å². The Morgan fingerprint density at radius 2 is 1.86 bits per heavy atom. The van der Waals surface area contributed by atoms with E-state index in [4.69, 9.17) is 0 Å². The molecule has 0 amide bonds.